The molecule has 0 spiro atoms. The second-order valence-corrected chi connectivity index (χ2v) is 8.32. The molecule has 1 aromatic carbocycles. The highest BCUT2D eigenvalue weighted by atomic mass is 79.9. The number of sulfonamides is 1. The van der Waals surface area contributed by atoms with Gasteiger partial charge in [0.15, 0.2) is 0 Å². The van der Waals surface area contributed by atoms with Gasteiger partial charge < -0.3 is 5.73 Å². The van der Waals surface area contributed by atoms with Crippen molar-refractivity contribution < 1.29 is 8.42 Å². The molecule has 1 aromatic rings. The first-order valence-electron chi connectivity index (χ1n) is 6.84. The van der Waals surface area contributed by atoms with Crippen LogP contribution in [0.4, 0.5) is 0 Å². The Kier molecular flexibility index (Phi) is 4.89. The Morgan fingerprint density at radius 1 is 1.45 bits per heavy atom. The zero-order valence-electron chi connectivity index (χ0n) is 11.8. The topological polar surface area (TPSA) is 63.4 Å². The molecule has 1 aliphatic heterocycles. The van der Waals surface area contributed by atoms with Gasteiger partial charge in [-0.05, 0) is 66.2 Å². The van der Waals surface area contributed by atoms with E-state index in [0.29, 0.717) is 22.5 Å². The Morgan fingerprint density at radius 2 is 2.15 bits per heavy atom. The van der Waals surface area contributed by atoms with Gasteiger partial charge in [0.2, 0.25) is 10.0 Å². The number of benzene rings is 1. The highest BCUT2D eigenvalue weighted by Crippen LogP contribution is 2.29. The van der Waals surface area contributed by atoms with Gasteiger partial charge in [0.05, 0.1) is 4.90 Å². The highest BCUT2D eigenvalue weighted by Gasteiger charge is 2.32. The molecule has 0 unspecified atom stereocenters. The number of rotatable bonds is 3. The number of piperidine rings is 1. The first-order chi connectivity index (χ1) is 9.32. The van der Waals surface area contributed by atoms with Crippen LogP contribution >= 0.6 is 15.9 Å². The second-order valence-electron chi connectivity index (χ2n) is 5.56. The highest BCUT2D eigenvalue weighted by molar-refractivity contribution is 9.10. The Balaban J connectivity index is 2.32. The zero-order chi connectivity index (χ0) is 14.9. The van der Waals surface area contributed by atoms with Crippen molar-refractivity contribution in [2.75, 3.05) is 13.1 Å². The molecular weight excluding hydrogens is 340 g/mol. The Hall–Kier alpha value is -0.430. The number of aryl methyl sites for hydroxylation is 1. The summed E-state index contributed by atoms with van der Waals surface area (Å²) < 4.78 is 27.8. The third-order valence-corrected chi connectivity index (χ3v) is 6.73. The van der Waals surface area contributed by atoms with Crippen LogP contribution in [0.15, 0.2) is 27.6 Å². The van der Waals surface area contributed by atoms with Crippen LogP contribution in [0.3, 0.4) is 0 Å². The fourth-order valence-corrected chi connectivity index (χ4v) is 5.11. The molecule has 20 heavy (non-hydrogen) atoms. The first kappa shape index (κ1) is 15.9. The van der Waals surface area contributed by atoms with Crippen molar-refractivity contribution in [1.82, 2.24) is 4.31 Å². The Labute approximate surface area is 129 Å². The lowest BCUT2D eigenvalue weighted by atomic mass is 9.93. The SMILES string of the molecule is Cc1ccc(Br)c(S(=O)(=O)N2CCC[C@@H]([C@H](C)N)C2)c1. The van der Waals surface area contributed by atoms with Gasteiger partial charge in [0, 0.05) is 23.6 Å². The largest absolute Gasteiger partial charge is 0.328 e. The summed E-state index contributed by atoms with van der Waals surface area (Å²) in [4.78, 5) is 0.350. The maximum absolute atomic E-state index is 12.8. The van der Waals surface area contributed by atoms with E-state index in [9.17, 15) is 8.42 Å². The molecule has 0 aromatic heterocycles. The van der Waals surface area contributed by atoms with E-state index < -0.39 is 10.0 Å². The van der Waals surface area contributed by atoms with E-state index >= 15 is 0 Å². The second kappa shape index (κ2) is 6.13. The third-order valence-electron chi connectivity index (χ3n) is 3.87. The van der Waals surface area contributed by atoms with Gasteiger partial charge in [-0.1, -0.05) is 6.07 Å². The Bertz CT molecular complexity index is 587. The number of halogens is 1. The smallest absolute Gasteiger partial charge is 0.244 e. The van der Waals surface area contributed by atoms with Crippen molar-refractivity contribution in [1.29, 1.82) is 0 Å². The molecule has 4 nitrogen and oxygen atoms in total. The van der Waals surface area contributed by atoms with Gasteiger partial charge in [-0.2, -0.15) is 4.31 Å². The lowest BCUT2D eigenvalue weighted by molar-refractivity contribution is 0.243. The number of hydrogen-bond donors (Lipinski definition) is 1. The van der Waals surface area contributed by atoms with E-state index in [4.69, 9.17) is 5.73 Å². The van der Waals surface area contributed by atoms with Gasteiger partial charge in [-0.25, -0.2) is 8.42 Å². The van der Waals surface area contributed by atoms with Crippen LogP contribution in [-0.4, -0.2) is 31.9 Å². The summed E-state index contributed by atoms with van der Waals surface area (Å²) in [5, 5.41) is 0. The average molecular weight is 361 g/mol. The summed E-state index contributed by atoms with van der Waals surface area (Å²) in [6, 6.07) is 5.42. The van der Waals surface area contributed by atoms with Crippen molar-refractivity contribution in [3.63, 3.8) is 0 Å². The lowest BCUT2D eigenvalue weighted by Crippen LogP contribution is -2.45. The molecule has 2 N–H and O–H groups in total. The van der Waals surface area contributed by atoms with Crippen LogP contribution in [0.2, 0.25) is 0 Å². The van der Waals surface area contributed by atoms with Crippen LogP contribution in [0.25, 0.3) is 0 Å². The molecule has 6 heteroatoms. The molecule has 1 heterocycles. The number of hydrogen-bond acceptors (Lipinski definition) is 3. The van der Waals surface area contributed by atoms with E-state index in [-0.39, 0.29) is 12.0 Å². The van der Waals surface area contributed by atoms with Crippen molar-refractivity contribution in [3.8, 4) is 0 Å². The summed E-state index contributed by atoms with van der Waals surface area (Å²) in [6.07, 6.45) is 1.87. The summed E-state index contributed by atoms with van der Waals surface area (Å²) in [5.41, 5.74) is 6.87. The van der Waals surface area contributed by atoms with E-state index in [1.54, 1.807) is 16.4 Å². The molecule has 0 saturated carbocycles. The lowest BCUT2D eigenvalue weighted by Gasteiger charge is -2.34. The summed E-state index contributed by atoms with van der Waals surface area (Å²) in [7, 11) is -3.45. The normalized spacial score (nSPS) is 22.7. The van der Waals surface area contributed by atoms with Crippen molar-refractivity contribution in [3.05, 3.63) is 28.2 Å². The molecule has 0 radical (unpaired) electrons. The van der Waals surface area contributed by atoms with Crippen LogP contribution in [0.5, 0.6) is 0 Å². The summed E-state index contributed by atoms with van der Waals surface area (Å²) in [5.74, 6) is 0.238. The van der Waals surface area contributed by atoms with Crippen LogP contribution in [0, 0.1) is 12.8 Å². The van der Waals surface area contributed by atoms with Crippen molar-refractivity contribution in [2.45, 2.75) is 37.6 Å². The van der Waals surface area contributed by atoms with Crippen LogP contribution < -0.4 is 5.73 Å². The van der Waals surface area contributed by atoms with Crippen molar-refractivity contribution in [2.24, 2.45) is 11.7 Å². The van der Waals surface area contributed by atoms with Crippen molar-refractivity contribution >= 4 is 26.0 Å². The maximum atomic E-state index is 12.8. The number of nitrogens with two attached hydrogens (primary N) is 1. The molecule has 112 valence electrons. The van der Waals surface area contributed by atoms with E-state index in [1.807, 2.05) is 19.9 Å². The molecule has 1 saturated heterocycles. The minimum Gasteiger partial charge on any atom is -0.328 e. The van der Waals surface area contributed by atoms with Crippen LogP contribution in [-0.2, 0) is 10.0 Å². The quantitative estimate of drug-likeness (QED) is 0.900. The van der Waals surface area contributed by atoms with Gasteiger partial charge in [-0.15, -0.1) is 0 Å². The van der Waals surface area contributed by atoms with Gasteiger partial charge in [0.25, 0.3) is 0 Å². The van der Waals surface area contributed by atoms with Gasteiger partial charge >= 0.3 is 0 Å². The molecule has 1 fully saturated rings. The fourth-order valence-electron chi connectivity index (χ4n) is 2.57. The zero-order valence-corrected chi connectivity index (χ0v) is 14.2. The summed E-state index contributed by atoms with van der Waals surface area (Å²) >= 11 is 3.35. The standard InChI is InChI=1S/C14H21BrN2O2S/c1-10-5-6-13(15)14(8-10)20(18,19)17-7-3-4-12(9-17)11(2)16/h5-6,8,11-12H,3-4,7,9,16H2,1-2H3/t11-,12+/m0/s1. The van der Waals surface area contributed by atoms with E-state index in [1.165, 1.54) is 0 Å². The number of nitrogens with zero attached hydrogens (tertiary/aromatic N) is 1. The summed E-state index contributed by atoms with van der Waals surface area (Å²) in [6.45, 7) is 4.93. The Morgan fingerprint density at radius 3 is 2.80 bits per heavy atom. The minimum atomic E-state index is -3.45. The minimum absolute atomic E-state index is 0.0222. The van der Waals surface area contributed by atoms with Gasteiger partial charge in [-0.3, -0.25) is 0 Å². The molecule has 0 bridgehead atoms. The third kappa shape index (κ3) is 3.24. The van der Waals surface area contributed by atoms with Gasteiger partial charge in [0.1, 0.15) is 0 Å². The molecule has 0 aliphatic carbocycles. The van der Waals surface area contributed by atoms with E-state index in [2.05, 4.69) is 15.9 Å². The first-order valence-corrected chi connectivity index (χ1v) is 9.07. The van der Waals surface area contributed by atoms with E-state index in [0.717, 1.165) is 18.4 Å². The average Bonchev–Trinajstić information content (AvgIpc) is 2.41. The maximum Gasteiger partial charge on any atom is 0.244 e. The van der Waals surface area contributed by atoms with Crippen LogP contribution in [0.1, 0.15) is 25.3 Å². The predicted octanol–water partition coefficient (Wildman–Crippen LogP) is 2.51. The molecule has 1 aliphatic rings. The molecule has 2 atom stereocenters. The molecular formula is C14H21BrN2O2S. The predicted molar refractivity (Wildman–Crippen MR) is 84.0 cm³/mol. The molecule has 2 rings (SSSR count). The monoisotopic (exact) mass is 360 g/mol. The molecule has 0 amide bonds. The fraction of sp³-hybridized carbons (Fsp3) is 0.571.